The van der Waals surface area contributed by atoms with Crippen LogP contribution in [0.4, 0.5) is 4.39 Å². The standard InChI is InChI=1S/C17H17ClFNO/c1-10-3-6-16-13(7-10)15(20-2)9-17(21-16)12-8-11(18)4-5-14(12)19/h3-8,15,17,20H,9H2,1-2H3. The summed E-state index contributed by atoms with van der Waals surface area (Å²) in [6.45, 7) is 2.05. The molecule has 0 amide bonds. The van der Waals surface area contributed by atoms with E-state index in [4.69, 9.17) is 16.3 Å². The predicted octanol–water partition coefficient (Wildman–Crippen LogP) is 4.57. The van der Waals surface area contributed by atoms with Crippen LogP contribution >= 0.6 is 11.6 Å². The Morgan fingerprint density at radius 3 is 2.76 bits per heavy atom. The van der Waals surface area contributed by atoms with Crippen molar-refractivity contribution >= 4 is 11.6 Å². The van der Waals surface area contributed by atoms with Crippen LogP contribution in [0, 0.1) is 12.7 Å². The first kappa shape index (κ1) is 14.4. The summed E-state index contributed by atoms with van der Waals surface area (Å²) in [6, 6.07) is 10.8. The van der Waals surface area contributed by atoms with Gasteiger partial charge in [-0.1, -0.05) is 29.3 Å². The highest BCUT2D eigenvalue weighted by molar-refractivity contribution is 6.30. The van der Waals surface area contributed by atoms with Crippen LogP contribution in [-0.2, 0) is 0 Å². The Labute approximate surface area is 128 Å². The topological polar surface area (TPSA) is 21.3 Å². The maximum atomic E-state index is 14.1. The molecule has 0 saturated heterocycles. The lowest BCUT2D eigenvalue weighted by molar-refractivity contribution is 0.150. The molecule has 2 aromatic carbocycles. The molecule has 2 unspecified atom stereocenters. The lowest BCUT2D eigenvalue weighted by atomic mass is 9.92. The molecular weight excluding hydrogens is 289 g/mol. The Kier molecular flexibility index (Phi) is 3.87. The molecule has 0 bridgehead atoms. The van der Waals surface area contributed by atoms with Gasteiger partial charge in [0.2, 0.25) is 0 Å². The van der Waals surface area contributed by atoms with E-state index in [-0.39, 0.29) is 18.0 Å². The zero-order valence-corrected chi connectivity index (χ0v) is 12.7. The fraction of sp³-hybridized carbons (Fsp3) is 0.294. The van der Waals surface area contributed by atoms with Gasteiger partial charge < -0.3 is 10.1 Å². The lowest BCUT2D eigenvalue weighted by Crippen LogP contribution is -2.27. The van der Waals surface area contributed by atoms with E-state index in [0.29, 0.717) is 17.0 Å². The summed E-state index contributed by atoms with van der Waals surface area (Å²) >= 11 is 5.99. The molecule has 21 heavy (non-hydrogen) atoms. The smallest absolute Gasteiger partial charge is 0.130 e. The molecule has 0 aliphatic carbocycles. The van der Waals surface area contributed by atoms with E-state index in [0.717, 1.165) is 11.3 Å². The summed E-state index contributed by atoms with van der Waals surface area (Å²) in [5.41, 5.74) is 2.81. The molecule has 4 heteroatoms. The van der Waals surface area contributed by atoms with Crippen LogP contribution in [-0.4, -0.2) is 7.05 Å². The number of halogens is 2. The van der Waals surface area contributed by atoms with Crippen LogP contribution in [0.15, 0.2) is 36.4 Å². The first-order valence-electron chi connectivity index (χ1n) is 6.98. The fourth-order valence-corrected chi connectivity index (χ4v) is 3.00. The van der Waals surface area contributed by atoms with Gasteiger partial charge in [-0.3, -0.25) is 0 Å². The van der Waals surface area contributed by atoms with Crippen molar-refractivity contribution in [1.29, 1.82) is 0 Å². The average Bonchev–Trinajstić information content (AvgIpc) is 2.48. The number of hydrogen-bond donors (Lipinski definition) is 1. The highest BCUT2D eigenvalue weighted by atomic mass is 35.5. The first-order chi connectivity index (χ1) is 10.1. The third-order valence-corrected chi connectivity index (χ3v) is 4.15. The normalized spacial score (nSPS) is 20.8. The number of fused-ring (bicyclic) bond motifs is 1. The summed E-state index contributed by atoms with van der Waals surface area (Å²) < 4.78 is 20.1. The zero-order chi connectivity index (χ0) is 15.0. The second-order valence-corrected chi connectivity index (χ2v) is 5.83. The Morgan fingerprint density at radius 2 is 2.00 bits per heavy atom. The van der Waals surface area contributed by atoms with Gasteiger partial charge in [0.05, 0.1) is 0 Å². The van der Waals surface area contributed by atoms with Crippen molar-refractivity contribution in [3.05, 3.63) is 63.9 Å². The molecule has 3 rings (SSSR count). The van der Waals surface area contributed by atoms with Gasteiger partial charge in [0, 0.05) is 28.6 Å². The van der Waals surface area contributed by atoms with Crippen molar-refractivity contribution in [1.82, 2.24) is 5.32 Å². The molecule has 2 aromatic rings. The van der Waals surface area contributed by atoms with E-state index in [1.807, 2.05) is 19.2 Å². The van der Waals surface area contributed by atoms with Crippen LogP contribution in [0.3, 0.4) is 0 Å². The molecule has 0 aromatic heterocycles. The number of ether oxygens (including phenoxy) is 1. The van der Waals surface area contributed by atoms with Crippen LogP contribution < -0.4 is 10.1 Å². The predicted molar refractivity (Wildman–Crippen MR) is 82.4 cm³/mol. The largest absolute Gasteiger partial charge is 0.485 e. The summed E-state index contributed by atoms with van der Waals surface area (Å²) in [6.07, 6.45) is 0.334. The molecular formula is C17H17ClFNO. The number of benzene rings is 2. The number of aryl methyl sites for hydroxylation is 1. The number of nitrogens with one attached hydrogen (secondary N) is 1. The van der Waals surface area contributed by atoms with Crippen LogP contribution in [0.1, 0.15) is 35.3 Å². The van der Waals surface area contributed by atoms with Crippen molar-refractivity contribution in [3.63, 3.8) is 0 Å². The molecule has 1 heterocycles. The molecule has 1 N–H and O–H groups in total. The molecule has 0 radical (unpaired) electrons. The molecule has 2 nitrogen and oxygen atoms in total. The Hall–Kier alpha value is -1.58. The third-order valence-electron chi connectivity index (χ3n) is 3.91. The third kappa shape index (κ3) is 2.76. The van der Waals surface area contributed by atoms with Crippen LogP contribution in [0.25, 0.3) is 0 Å². The van der Waals surface area contributed by atoms with E-state index in [9.17, 15) is 4.39 Å². The highest BCUT2D eigenvalue weighted by Gasteiger charge is 2.30. The lowest BCUT2D eigenvalue weighted by Gasteiger charge is -2.32. The van der Waals surface area contributed by atoms with Crippen molar-refractivity contribution in [2.24, 2.45) is 0 Å². The SMILES string of the molecule is CNC1CC(c2cc(Cl)ccc2F)Oc2ccc(C)cc21. The van der Waals surface area contributed by atoms with Crippen molar-refractivity contribution < 1.29 is 9.13 Å². The van der Waals surface area contributed by atoms with Crippen molar-refractivity contribution in [2.75, 3.05) is 7.05 Å². The average molecular weight is 306 g/mol. The Balaban J connectivity index is 2.00. The molecule has 110 valence electrons. The van der Waals surface area contributed by atoms with E-state index >= 15 is 0 Å². The van der Waals surface area contributed by atoms with Gasteiger partial charge in [-0.25, -0.2) is 4.39 Å². The van der Waals surface area contributed by atoms with Crippen molar-refractivity contribution in [3.8, 4) is 5.75 Å². The van der Waals surface area contributed by atoms with Gasteiger partial charge in [0.25, 0.3) is 0 Å². The first-order valence-corrected chi connectivity index (χ1v) is 7.35. The molecule has 0 saturated carbocycles. The highest BCUT2D eigenvalue weighted by Crippen LogP contribution is 2.41. The van der Waals surface area contributed by atoms with Crippen LogP contribution in [0.2, 0.25) is 5.02 Å². The molecule has 2 atom stereocenters. The summed E-state index contributed by atoms with van der Waals surface area (Å²) in [4.78, 5) is 0. The van der Waals surface area contributed by atoms with E-state index < -0.39 is 0 Å². The van der Waals surface area contributed by atoms with Gasteiger partial charge in [0.15, 0.2) is 0 Å². The second kappa shape index (κ2) is 5.66. The molecule has 1 aliphatic rings. The summed E-state index contributed by atoms with van der Waals surface area (Å²) in [5.74, 6) is 0.519. The quantitative estimate of drug-likeness (QED) is 0.877. The van der Waals surface area contributed by atoms with Gasteiger partial charge in [-0.05, 0) is 38.2 Å². The maximum Gasteiger partial charge on any atom is 0.130 e. The Morgan fingerprint density at radius 1 is 1.19 bits per heavy atom. The summed E-state index contributed by atoms with van der Waals surface area (Å²) in [7, 11) is 1.91. The van der Waals surface area contributed by atoms with E-state index in [1.165, 1.54) is 11.6 Å². The number of hydrogen-bond acceptors (Lipinski definition) is 2. The van der Waals surface area contributed by atoms with Gasteiger partial charge >= 0.3 is 0 Å². The second-order valence-electron chi connectivity index (χ2n) is 5.39. The monoisotopic (exact) mass is 305 g/mol. The number of rotatable bonds is 2. The summed E-state index contributed by atoms with van der Waals surface area (Å²) in [5, 5.41) is 3.80. The van der Waals surface area contributed by atoms with Gasteiger partial charge in [0.1, 0.15) is 17.7 Å². The minimum atomic E-state index is -0.337. The molecule has 1 aliphatic heterocycles. The maximum absolute atomic E-state index is 14.1. The van der Waals surface area contributed by atoms with E-state index in [1.54, 1.807) is 12.1 Å². The minimum Gasteiger partial charge on any atom is -0.485 e. The van der Waals surface area contributed by atoms with Gasteiger partial charge in [-0.2, -0.15) is 0 Å². The van der Waals surface area contributed by atoms with Crippen LogP contribution in [0.5, 0.6) is 5.75 Å². The Bertz CT molecular complexity index is 674. The molecule has 0 spiro atoms. The molecule has 0 fully saturated rings. The van der Waals surface area contributed by atoms with Crippen molar-refractivity contribution in [2.45, 2.75) is 25.5 Å². The van der Waals surface area contributed by atoms with Gasteiger partial charge in [-0.15, -0.1) is 0 Å². The minimum absolute atomic E-state index is 0.136. The fourth-order valence-electron chi connectivity index (χ4n) is 2.82. The van der Waals surface area contributed by atoms with E-state index in [2.05, 4.69) is 18.3 Å². The zero-order valence-electron chi connectivity index (χ0n) is 12.0.